The first-order valence-corrected chi connectivity index (χ1v) is 11.5. The Morgan fingerprint density at radius 1 is 1.27 bits per heavy atom. The number of nitrogen functional groups attached to an aromatic ring is 1. The highest BCUT2D eigenvalue weighted by Gasteiger charge is 2.20. The fraction of sp³-hybridized carbons (Fsp3) is 0.304. The molecule has 1 amide bonds. The monoisotopic (exact) mass is 484 g/mol. The number of benzene rings is 2. The average molecular weight is 485 g/mol. The van der Waals surface area contributed by atoms with Crippen molar-refractivity contribution in [1.29, 1.82) is 5.26 Å². The van der Waals surface area contributed by atoms with E-state index >= 15 is 0 Å². The molecule has 172 valence electrons. The molecule has 8 nitrogen and oxygen atoms in total. The van der Waals surface area contributed by atoms with Gasteiger partial charge in [-0.05, 0) is 55.2 Å². The number of amides is 1. The molecule has 0 radical (unpaired) electrons. The van der Waals surface area contributed by atoms with E-state index in [-0.39, 0.29) is 17.5 Å². The molecule has 0 aliphatic heterocycles. The number of nitrogens with two attached hydrogens (primary N) is 1. The van der Waals surface area contributed by atoms with Gasteiger partial charge in [0.25, 0.3) is 0 Å². The van der Waals surface area contributed by atoms with E-state index in [0.717, 1.165) is 16.9 Å². The van der Waals surface area contributed by atoms with Crippen LogP contribution in [0, 0.1) is 18.3 Å². The molecular formula is C23H25ClN6O2S. The van der Waals surface area contributed by atoms with Gasteiger partial charge in [-0.1, -0.05) is 49.3 Å². The van der Waals surface area contributed by atoms with Crippen molar-refractivity contribution in [3.8, 4) is 11.8 Å². The minimum atomic E-state index is -0.510. The quantitative estimate of drug-likeness (QED) is 0.353. The van der Waals surface area contributed by atoms with Crippen LogP contribution in [0.15, 0.2) is 41.6 Å². The fourth-order valence-corrected chi connectivity index (χ4v) is 4.02. The molecule has 0 spiro atoms. The van der Waals surface area contributed by atoms with Crippen molar-refractivity contribution in [2.75, 3.05) is 11.2 Å². The van der Waals surface area contributed by atoms with Gasteiger partial charge in [-0.3, -0.25) is 4.79 Å². The van der Waals surface area contributed by atoms with Crippen LogP contribution in [0.1, 0.15) is 49.2 Å². The van der Waals surface area contributed by atoms with E-state index in [1.165, 1.54) is 22.5 Å². The number of ether oxygens (including phenoxy) is 1. The number of thioether (sulfide) groups is 1. The zero-order valence-electron chi connectivity index (χ0n) is 18.8. The number of nitrogens with one attached hydrogen (secondary N) is 1. The van der Waals surface area contributed by atoms with Crippen molar-refractivity contribution in [3.63, 3.8) is 0 Å². The molecule has 0 bridgehead atoms. The summed E-state index contributed by atoms with van der Waals surface area (Å²) in [7, 11) is 0. The van der Waals surface area contributed by atoms with Crippen LogP contribution in [0.2, 0.25) is 5.02 Å². The summed E-state index contributed by atoms with van der Waals surface area (Å²) >= 11 is 7.20. The molecule has 2 aromatic carbocycles. The number of carbonyl (C=O) groups is 1. The van der Waals surface area contributed by atoms with Gasteiger partial charge in [-0.25, -0.2) is 4.68 Å². The lowest BCUT2D eigenvalue weighted by molar-refractivity contribution is -0.115. The van der Waals surface area contributed by atoms with E-state index in [9.17, 15) is 4.79 Å². The van der Waals surface area contributed by atoms with Gasteiger partial charge in [0.05, 0.1) is 15.8 Å². The van der Waals surface area contributed by atoms with Gasteiger partial charge in [0.1, 0.15) is 18.4 Å². The standard InChI is InChI=1S/C23H25ClN6O2S/c1-13(2)18-8-5-14(3)9-20(18)32-12-21-28-29-23(30(21)26)33-15(4)22(31)27-17-7-6-16(11-25)19(24)10-17/h5-10,13,15H,12,26H2,1-4H3,(H,27,31). The van der Waals surface area contributed by atoms with E-state index in [4.69, 9.17) is 27.4 Å². The number of aromatic nitrogens is 3. The maximum Gasteiger partial charge on any atom is 0.237 e. The maximum atomic E-state index is 12.6. The predicted molar refractivity (Wildman–Crippen MR) is 130 cm³/mol. The lowest BCUT2D eigenvalue weighted by atomic mass is 10.0. The molecule has 0 aliphatic carbocycles. The van der Waals surface area contributed by atoms with E-state index in [1.807, 2.05) is 19.1 Å². The van der Waals surface area contributed by atoms with Crippen LogP contribution in [0.3, 0.4) is 0 Å². The number of rotatable bonds is 8. The Bertz CT molecular complexity index is 1200. The van der Waals surface area contributed by atoms with Gasteiger partial charge in [0.2, 0.25) is 11.1 Å². The molecule has 10 heteroatoms. The van der Waals surface area contributed by atoms with Crippen molar-refractivity contribution in [1.82, 2.24) is 14.9 Å². The molecule has 1 aromatic heterocycles. The first-order valence-electron chi connectivity index (χ1n) is 10.3. The number of nitrogens with zero attached hydrogens (tertiary/aromatic N) is 4. The maximum absolute atomic E-state index is 12.6. The molecule has 0 aliphatic rings. The summed E-state index contributed by atoms with van der Waals surface area (Å²) in [5, 5.41) is 20.1. The van der Waals surface area contributed by atoms with Gasteiger partial charge in [0, 0.05) is 5.69 Å². The number of hydrogen-bond donors (Lipinski definition) is 2. The van der Waals surface area contributed by atoms with E-state index < -0.39 is 5.25 Å². The summed E-state index contributed by atoms with van der Waals surface area (Å²) in [6, 6.07) is 12.8. The van der Waals surface area contributed by atoms with Gasteiger partial charge in [-0.15, -0.1) is 10.2 Å². The molecule has 0 saturated heterocycles. The van der Waals surface area contributed by atoms with Crippen molar-refractivity contribution in [3.05, 3.63) is 63.9 Å². The highest BCUT2D eigenvalue weighted by atomic mass is 35.5. The Labute approximate surface area is 202 Å². The van der Waals surface area contributed by atoms with Crippen LogP contribution >= 0.6 is 23.4 Å². The molecule has 3 rings (SSSR count). The van der Waals surface area contributed by atoms with Crippen LogP contribution in [-0.2, 0) is 11.4 Å². The Morgan fingerprint density at radius 2 is 2.03 bits per heavy atom. The zero-order valence-corrected chi connectivity index (χ0v) is 20.4. The normalized spacial score (nSPS) is 11.8. The SMILES string of the molecule is Cc1ccc(C(C)C)c(OCc2nnc(SC(C)C(=O)Nc3ccc(C#N)c(Cl)c3)n2N)c1. The van der Waals surface area contributed by atoms with Crippen LogP contribution in [0.25, 0.3) is 0 Å². The molecule has 1 heterocycles. The van der Waals surface area contributed by atoms with Crippen LogP contribution < -0.4 is 15.9 Å². The van der Waals surface area contributed by atoms with Gasteiger partial charge < -0.3 is 15.9 Å². The summed E-state index contributed by atoms with van der Waals surface area (Å²) in [5.41, 5.74) is 3.04. The van der Waals surface area contributed by atoms with Crippen LogP contribution in [0.4, 0.5) is 5.69 Å². The molecule has 1 atom stereocenters. The average Bonchev–Trinajstić information content (AvgIpc) is 3.11. The zero-order chi connectivity index (χ0) is 24.1. The van der Waals surface area contributed by atoms with Crippen molar-refractivity contribution >= 4 is 35.0 Å². The highest BCUT2D eigenvalue weighted by molar-refractivity contribution is 8.00. The molecule has 0 fully saturated rings. The Morgan fingerprint density at radius 3 is 2.70 bits per heavy atom. The Kier molecular flexibility index (Phi) is 7.84. The Balaban J connectivity index is 1.64. The summed E-state index contributed by atoms with van der Waals surface area (Å²) in [5.74, 6) is 7.44. The number of hydrogen-bond acceptors (Lipinski definition) is 7. The van der Waals surface area contributed by atoms with Crippen molar-refractivity contribution in [2.45, 2.75) is 50.6 Å². The van der Waals surface area contributed by atoms with Gasteiger partial charge in [0.15, 0.2) is 5.82 Å². The van der Waals surface area contributed by atoms with Gasteiger partial charge in [-0.2, -0.15) is 5.26 Å². The largest absolute Gasteiger partial charge is 0.485 e. The summed E-state index contributed by atoms with van der Waals surface area (Å²) < 4.78 is 7.32. The fourth-order valence-electron chi connectivity index (χ4n) is 3.01. The summed E-state index contributed by atoms with van der Waals surface area (Å²) in [6.07, 6.45) is 0. The second-order valence-electron chi connectivity index (χ2n) is 7.81. The van der Waals surface area contributed by atoms with Crippen molar-refractivity contribution in [2.24, 2.45) is 0 Å². The van der Waals surface area contributed by atoms with E-state index in [0.29, 0.717) is 28.1 Å². The number of nitriles is 1. The molecular weight excluding hydrogens is 460 g/mol. The minimum absolute atomic E-state index is 0.150. The second kappa shape index (κ2) is 10.6. The third-order valence-corrected chi connectivity index (χ3v) is 6.26. The second-order valence-corrected chi connectivity index (χ2v) is 9.52. The first-order chi connectivity index (χ1) is 15.7. The minimum Gasteiger partial charge on any atom is -0.485 e. The van der Waals surface area contributed by atoms with Gasteiger partial charge >= 0.3 is 0 Å². The third kappa shape index (κ3) is 5.97. The first kappa shape index (κ1) is 24.4. The van der Waals surface area contributed by atoms with E-state index in [1.54, 1.807) is 19.1 Å². The number of carbonyl (C=O) groups excluding carboxylic acids is 1. The summed E-state index contributed by atoms with van der Waals surface area (Å²) in [4.78, 5) is 12.6. The lowest BCUT2D eigenvalue weighted by Gasteiger charge is -2.15. The number of aryl methyl sites for hydroxylation is 1. The molecule has 3 N–H and O–H groups in total. The lowest BCUT2D eigenvalue weighted by Crippen LogP contribution is -2.24. The smallest absolute Gasteiger partial charge is 0.237 e. The molecule has 33 heavy (non-hydrogen) atoms. The molecule has 0 saturated carbocycles. The Hall–Kier alpha value is -3.22. The molecule has 3 aromatic rings. The third-order valence-electron chi connectivity index (χ3n) is 4.89. The van der Waals surface area contributed by atoms with Crippen LogP contribution in [0.5, 0.6) is 5.75 Å². The predicted octanol–water partition coefficient (Wildman–Crippen LogP) is 4.65. The topological polar surface area (TPSA) is 119 Å². The van der Waals surface area contributed by atoms with Crippen molar-refractivity contribution < 1.29 is 9.53 Å². The van der Waals surface area contributed by atoms with E-state index in [2.05, 4.69) is 41.5 Å². The molecule has 1 unspecified atom stereocenters. The number of anilines is 1. The highest BCUT2D eigenvalue weighted by Crippen LogP contribution is 2.29. The number of halogens is 1. The van der Waals surface area contributed by atoms with Crippen LogP contribution in [-0.4, -0.2) is 26.0 Å². The summed E-state index contributed by atoms with van der Waals surface area (Å²) in [6.45, 7) is 8.11.